The van der Waals surface area contributed by atoms with Crippen molar-refractivity contribution < 1.29 is 14.3 Å². The number of ether oxygens (including phenoxy) is 2. The zero-order chi connectivity index (χ0) is 13.3. The quantitative estimate of drug-likeness (QED) is 0.787. The number of pyridine rings is 1. The second-order valence-electron chi connectivity index (χ2n) is 4.79. The first kappa shape index (κ1) is 12.8. The van der Waals surface area contributed by atoms with E-state index in [2.05, 4.69) is 4.98 Å². The van der Waals surface area contributed by atoms with E-state index in [1.807, 2.05) is 0 Å². The highest BCUT2D eigenvalue weighted by Gasteiger charge is 2.42. The molecule has 0 radical (unpaired) electrons. The van der Waals surface area contributed by atoms with Crippen LogP contribution in [0.3, 0.4) is 0 Å². The third kappa shape index (κ3) is 2.45. The number of nitrogens with zero attached hydrogens (tertiary/aromatic N) is 2. The van der Waals surface area contributed by atoms with Gasteiger partial charge in [-0.15, -0.1) is 0 Å². The molecular formula is C13H15ClN2O3. The molecule has 0 unspecified atom stereocenters. The van der Waals surface area contributed by atoms with Crippen molar-refractivity contribution in [3.8, 4) is 0 Å². The highest BCUT2D eigenvalue weighted by atomic mass is 35.5. The Labute approximate surface area is 116 Å². The van der Waals surface area contributed by atoms with E-state index in [-0.39, 0.29) is 5.91 Å². The molecule has 102 valence electrons. The smallest absolute Gasteiger partial charge is 0.255 e. The van der Waals surface area contributed by atoms with Crippen molar-refractivity contribution in [1.82, 2.24) is 9.88 Å². The van der Waals surface area contributed by atoms with E-state index in [4.69, 9.17) is 21.1 Å². The van der Waals surface area contributed by atoms with Gasteiger partial charge in [0.25, 0.3) is 5.91 Å². The van der Waals surface area contributed by atoms with Crippen LogP contribution in [0.2, 0.25) is 5.02 Å². The van der Waals surface area contributed by atoms with E-state index in [0.717, 1.165) is 12.8 Å². The van der Waals surface area contributed by atoms with Crippen LogP contribution in [0, 0.1) is 0 Å². The van der Waals surface area contributed by atoms with Gasteiger partial charge in [0.1, 0.15) is 0 Å². The Balaban J connectivity index is 1.78. The molecule has 0 atom stereocenters. The maximum Gasteiger partial charge on any atom is 0.255 e. The van der Waals surface area contributed by atoms with E-state index >= 15 is 0 Å². The fraction of sp³-hybridized carbons (Fsp3) is 0.538. The van der Waals surface area contributed by atoms with Gasteiger partial charge >= 0.3 is 0 Å². The molecule has 0 aromatic carbocycles. The van der Waals surface area contributed by atoms with Gasteiger partial charge < -0.3 is 14.4 Å². The zero-order valence-corrected chi connectivity index (χ0v) is 11.2. The van der Waals surface area contributed by atoms with Gasteiger partial charge in [0, 0.05) is 25.4 Å². The van der Waals surface area contributed by atoms with Crippen molar-refractivity contribution in [1.29, 1.82) is 0 Å². The molecule has 1 aromatic heterocycles. The number of hydrogen-bond acceptors (Lipinski definition) is 4. The number of rotatable bonds is 1. The highest BCUT2D eigenvalue weighted by molar-refractivity contribution is 6.33. The molecule has 19 heavy (non-hydrogen) atoms. The molecular weight excluding hydrogens is 268 g/mol. The van der Waals surface area contributed by atoms with Gasteiger partial charge in [-0.1, -0.05) is 11.6 Å². The first-order valence-electron chi connectivity index (χ1n) is 6.37. The van der Waals surface area contributed by atoms with Gasteiger partial charge in [0.05, 0.1) is 30.3 Å². The van der Waals surface area contributed by atoms with Crippen molar-refractivity contribution in [3.63, 3.8) is 0 Å². The highest BCUT2D eigenvalue weighted by Crippen LogP contribution is 2.31. The SMILES string of the molecule is O=C(c1ccncc1Cl)N1CCCC2(C1)OCCO2. The molecule has 2 aliphatic heterocycles. The lowest BCUT2D eigenvalue weighted by molar-refractivity contribution is -0.183. The van der Waals surface area contributed by atoms with E-state index in [1.165, 1.54) is 6.20 Å². The second kappa shape index (κ2) is 5.07. The Morgan fingerprint density at radius 3 is 2.95 bits per heavy atom. The number of halogens is 1. The molecule has 2 saturated heterocycles. The topological polar surface area (TPSA) is 51.7 Å². The maximum atomic E-state index is 12.5. The summed E-state index contributed by atoms with van der Waals surface area (Å²) in [5.41, 5.74) is 0.478. The fourth-order valence-corrected chi connectivity index (χ4v) is 2.81. The Morgan fingerprint density at radius 2 is 2.21 bits per heavy atom. The van der Waals surface area contributed by atoms with Gasteiger partial charge in [-0.3, -0.25) is 9.78 Å². The van der Waals surface area contributed by atoms with Gasteiger partial charge in [-0.2, -0.15) is 0 Å². The summed E-state index contributed by atoms with van der Waals surface area (Å²) in [5.74, 6) is -0.696. The summed E-state index contributed by atoms with van der Waals surface area (Å²) in [6, 6.07) is 1.64. The predicted molar refractivity (Wildman–Crippen MR) is 69.0 cm³/mol. The van der Waals surface area contributed by atoms with Crippen LogP contribution in [0.25, 0.3) is 0 Å². The van der Waals surface area contributed by atoms with Crippen LogP contribution in [0.4, 0.5) is 0 Å². The number of carbonyl (C=O) groups excluding carboxylic acids is 1. The van der Waals surface area contributed by atoms with E-state index < -0.39 is 5.79 Å². The molecule has 0 aliphatic carbocycles. The van der Waals surface area contributed by atoms with E-state index in [9.17, 15) is 4.79 Å². The van der Waals surface area contributed by atoms with Crippen LogP contribution in [-0.4, -0.2) is 47.9 Å². The molecule has 5 nitrogen and oxygen atoms in total. The number of aromatic nitrogens is 1. The molecule has 0 N–H and O–H groups in total. The van der Waals surface area contributed by atoms with Crippen molar-refractivity contribution in [2.45, 2.75) is 18.6 Å². The van der Waals surface area contributed by atoms with Crippen molar-refractivity contribution >= 4 is 17.5 Å². The largest absolute Gasteiger partial charge is 0.346 e. The Hall–Kier alpha value is -1.17. The predicted octanol–water partition coefficient (Wildman–Crippen LogP) is 1.71. The van der Waals surface area contributed by atoms with Crippen molar-refractivity contribution in [3.05, 3.63) is 29.0 Å². The lowest BCUT2D eigenvalue weighted by atomic mass is 10.0. The Morgan fingerprint density at radius 1 is 1.42 bits per heavy atom. The molecule has 3 rings (SSSR count). The number of amides is 1. The summed E-state index contributed by atoms with van der Waals surface area (Å²) < 4.78 is 11.3. The minimum absolute atomic E-state index is 0.0921. The van der Waals surface area contributed by atoms with Crippen molar-refractivity contribution in [2.24, 2.45) is 0 Å². The number of piperidine rings is 1. The standard InChI is InChI=1S/C13H15ClN2O3/c14-11-8-15-4-2-10(11)12(17)16-5-1-3-13(9-16)18-6-7-19-13/h2,4,8H,1,3,5-7,9H2. The Bertz CT molecular complexity index is 489. The van der Waals surface area contributed by atoms with Crippen LogP contribution in [0.15, 0.2) is 18.5 Å². The first-order valence-corrected chi connectivity index (χ1v) is 6.75. The van der Waals surface area contributed by atoms with Crippen LogP contribution >= 0.6 is 11.6 Å². The van der Waals surface area contributed by atoms with Crippen LogP contribution < -0.4 is 0 Å². The minimum atomic E-state index is -0.604. The molecule has 3 heterocycles. The summed E-state index contributed by atoms with van der Waals surface area (Å²) in [6.07, 6.45) is 4.76. The summed E-state index contributed by atoms with van der Waals surface area (Å²) in [5, 5.41) is 0.375. The maximum absolute atomic E-state index is 12.5. The van der Waals surface area contributed by atoms with Gasteiger partial charge in [0.15, 0.2) is 5.79 Å². The van der Waals surface area contributed by atoms with Gasteiger partial charge in [0.2, 0.25) is 0 Å². The van der Waals surface area contributed by atoms with Crippen LogP contribution in [-0.2, 0) is 9.47 Å². The summed E-state index contributed by atoms with van der Waals surface area (Å²) in [4.78, 5) is 18.1. The molecule has 1 aromatic rings. The third-order valence-electron chi connectivity index (χ3n) is 3.52. The number of likely N-dealkylation sites (tertiary alicyclic amines) is 1. The third-order valence-corrected chi connectivity index (χ3v) is 3.82. The summed E-state index contributed by atoms with van der Waals surface area (Å²) >= 11 is 6.02. The molecule has 1 amide bonds. The molecule has 2 aliphatic rings. The lowest BCUT2D eigenvalue weighted by Gasteiger charge is -2.38. The van der Waals surface area contributed by atoms with Crippen LogP contribution in [0.1, 0.15) is 23.2 Å². The van der Waals surface area contributed by atoms with E-state index in [1.54, 1.807) is 17.2 Å². The second-order valence-corrected chi connectivity index (χ2v) is 5.20. The summed E-state index contributed by atoms with van der Waals surface area (Å²) in [7, 11) is 0. The fourth-order valence-electron chi connectivity index (χ4n) is 2.61. The van der Waals surface area contributed by atoms with Gasteiger partial charge in [-0.05, 0) is 12.5 Å². The lowest BCUT2D eigenvalue weighted by Crippen LogP contribution is -2.51. The minimum Gasteiger partial charge on any atom is -0.346 e. The number of carbonyl (C=O) groups is 1. The summed E-state index contributed by atoms with van der Waals surface area (Å²) in [6.45, 7) is 2.35. The normalized spacial score (nSPS) is 21.8. The van der Waals surface area contributed by atoms with E-state index in [0.29, 0.717) is 36.9 Å². The van der Waals surface area contributed by atoms with Crippen LogP contribution in [0.5, 0.6) is 0 Å². The van der Waals surface area contributed by atoms with Gasteiger partial charge in [-0.25, -0.2) is 0 Å². The molecule has 0 bridgehead atoms. The average molecular weight is 283 g/mol. The number of hydrogen-bond donors (Lipinski definition) is 0. The average Bonchev–Trinajstić information content (AvgIpc) is 2.86. The molecule has 2 fully saturated rings. The molecule has 1 spiro atoms. The molecule has 0 saturated carbocycles. The molecule has 6 heteroatoms. The Kier molecular flexibility index (Phi) is 3.43. The van der Waals surface area contributed by atoms with Crippen molar-refractivity contribution in [2.75, 3.05) is 26.3 Å². The zero-order valence-electron chi connectivity index (χ0n) is 10.5. The first-order chi connectivity index (χ1) is 9.20. The monoisotopic (exact) mass is 282 g/mol.